The summed E-state index contributed by atoms with van der Waals surface area (Å²) >= 11 is 0. The Kier molecular flexibility index (Phi) is 6.20. The molecule has 1 atom stereocenters. The van der Waals surface area contributed by atoms with E-state index in [1.54, 1.807) is 13.0 Å². The highest BCUT2D eigenvalue weighted by atomic mass is 32.2. The first-order valence-electron chi connectivity index (χ1n) is 8.06. The minimum Gasteiger partial charge on any atom is -0.496 e. The van der Waals surface area contributed by atoms with Crippen LogP contribution < -0.4 is 20.5 Å². The van der Waals surface area contributed by atoms with E-state index in [0.29, 0.717) is 23.7 Å². The molecule has 1 aliphatic rings. The zero-order valence-corrected chi connectivity index (χ0v) is 14.9. The van der Waals surface area contributed by atoms with Crippen molar-refractivity contribution in [2.45, 2.75) is 43.7 Å². The second kappa shape index (κ2) is 7.96. The Morgan fingerprint density at radius 2 is 2.12 bits per heavy atom. The number of methoxy groups -OCH3 is 1. The molecule has 1 unspecified atom stereocenters. The first kappa shape index (κ1) is 18.7. The molecule has 0 spiro atoms. The molecule has 1 saturated carbocycles. The molecule has 1 aromatic carbocycles. The molecule has 1 aromatic rings. The quantitative estimate of drug-likeness (QED) is 0.605. The van der Waals surface area contributed by atoms with E-state index in [1.165, 1.54) is 19.2 Å². The molecule has 1 amide bonds. The number of nitrogens with one attached hydrogen (secondary N) is 2. The van der Waals surface area contributed by atoms with E-state index in [2.05, 4.69) is 10.0 Å². The maximum absolute atomic E-state index is 12.4. The van der Waals surface area contributed by atoms with Crippen molar-refractivity contribution in [1.82, 2.24) is 10.0 Å². The fourth-order valence-electron chi connectivity index (χ4n) is 2.36. The molecule has 1 aliphatic carbocycles. The maximum Gasteiger partial charge on any atom is 0.240 e. The number of carbonyl (C=O) groups is 1. The summed E-state index contributed by atoms with van der Waals surface area (Å²) in [6.45, 7) is 2.18. The molecule has 8 heteroatoms. The molecule has 0 bridgehead atoms. The summed E-state index contributed by atoms with van der Waals surface area (Å²) in [5.74, 6) is 0.835. The van der Waals surface area contributed by atoms with Crippen LogP contribution in [-0.2, 0) is 21.4 Å². The normalized spacial score (nSPS) is 15.8. The van der Waals surface area contributed by atoms with Crippen LogP contribution >= 0.6 is 0 Å². The molecule has 0 aromatic heterocycles. The zero-order valence-electron chi connectivity index (χ0n) is 14.0. The van der Waals surface area contributed by atoms with E-state index in [-0.39, 0.29) is 29.9 Å². The summed E-state index contributed by atoms with van der Waals surface area (Å²) in [5, 5.41) is 2.72. The van der Waals surface area contributed by atoms with Crippen LogP contribution in [-0.4, -0.2) is 34.0 Å². The predicted octanol–water partition coefficient (Wildman–Crippen LogP) is 0.737. The number of hydrogen-bond donors (Lipinski definition) is 3. The van der Waals surface area contributed by atoms with Gasteiger partial charge in [-0.05, 0) is 37.0 Å². The van der Waals surface area contributed by atoms with Gasteiger partial charge in [-0.3, -0.25) is 4.79 Å². The monoisotopic (exact) mass is 355 g/mol. The standard InChI is InChI=1S/C16H25N3O4S/c1-3-16(20)18-9-12-8-13(6-7-15(12)23-2)24(21,22)19-10-14(17)11-4-5-11/h6-8,11,14,19H,3-5,9-10,17H2,1-2H3,(H,18,20). The van der Waals surface area contributed by atoms with Gasteiger partial charge in [-0.15, -0.1) is 0 Å². The van der Waals surface area contributed by atoms with Crippen LogP contribution in [0.25, 0.3) is 0 Å². The van der Waals surface area contributed by atoms with Crippen molar-refractivity contribution in [2.24, 2.45) is 11.7 Å². The van der Waals surface area contributed by atoms with Gasteiger partial charge in [0, 0.05) is 31.1 Å². The molecule has 0 saturated heterocycles. The van der Waals surface area contributed by atoms with Crippen molar-refractivity contribution >= 4 is 15.9 Å². The lowest BCUT2D eigenvalue weighted by Crippen LogP contribution is -2.38. The number of hydrogen-bond acceptors (Lipinski definition) is 5. The van der Waals surface area contributed by atoms with Gasteiger partial charge in [-0.2, -0.15) is 0 Å². The van der Waals surface area contributed by atoms with Gasteiger partial charge < -0.3 is 15.8 Å². The van der Waals surface area contributed by atoms with Crippen LogP contribution in [0.5, 0.6) is 5.75 Å². The van der Waals surface area contributed by atoms with Gasteiger partial charge in [0.15, 0.2) is 0 Å². The third kappa shape index (κ3) is 4.93. The lowest BCUT2D eigenvalue weighted by atomic mass is 10.2. The first-order chi connectivity index (χ1) is 11.4. The summed E-state index contributed by atoms with van der Waals surface area (Å²) in [4.78, 5) is 11.5. The van der Waals surface area contributed by atoms with Crippen LogP contribution in [0.15, 0.2) is 23.1 Å². The van der Waals surface area contributed by atoms with Crippen molar-refractivity contribution < 1.29 is 17.9 Å². The fraction of sp³-hybridized carbons (Fsp3) is 0.562. The number of carbonyl (C=O) groups excluding carboxylic acids is 1. The van der Waals surface area contributed by atoms with Gasteiger partial charge in [-0.25, -0.2) is 13.1 Å². The van der Waals surface area contributed by atoms with Gasteiger partial charge in [0.2, 0.25) is 15.9 Å². The fourth-order valence-corrected chi connectivity index (χ4v) is 3.48. The number of ether oxygens (including phenoxy) is 1. The average Bonchev–Trinajstić information content (AvgIpc) is 3.42. The molecule has 0 radical (unpaired) electrons. The van der Waals surface area contributed by atoms with Crippen molar-refractivity contribution in [1.29, 1.82) is 0 Å². The summed E-state index contributed by atoms with van der Waals surface area (Å²) in [6, 6.07) is 4.43. The molecule has 1 fully saturated rings. The van der Waals surface area contributed by atoms with Gasteiger partial charge >= 0.3 is 0 Å². The summed E-state index contributed by atoms with van der Waals surface area (Å²) in [5.41, 5.74) is 6.55. The van der Waals surface area contributed by atoms with Crippen molar-refractivity contribution in [2.75, 3.05) is 13.7 Å². The van der Waals surface area contributed by atoms with Crippen molar-refractivity contribution in [3.63, 3.8) is 0 Å². The Morgan fingerprint density at radius 3 is 2.71 bits per heavy atom. The highest BCUT2D eigenvalue weighted by molar-refractivity contribution is 7.89. The van der Waals surface area contributed by atoms with E-state index in [4.69, 9.17) is 10.5 Å². The minimum atomic E-state index is -3.65. The smallest absolute Gasteiger partial charge is 0.240 e. The Balaban J connectivity index is 2.11. The molecule has 7 nitrogen and oxygen atoms in total. The molecule has 0 heterocycles. The molecular weight excluding hydrogens is 330 g/mol. The Bertz CT molecular complexity index is 687. The maximum atomic E-state index is 12.4. The van der Waals surface area contributed by atoms with Crippen LogP contribution in [0.1, 0.15) is 31.7 Å². The molecule has 2 rings (SSSR count). The van der Waals surface area contributed by atoms with Gasteiger partial charge in [0.25, 0.3) is 0 Å². The minimum absolute atomic E-state index is 0.112. The highest BCUT2D eigenvalue weighted by Crippen LogP contribution is 2.31. The molecule has 134 valence electrons. The van der Waals surface area contributed by atoms with Crippen LogP contribution in [0, 0.1) is 5.92 Å². The third-order valence-electron chi connectivity index (χ3n) is 4.10. The first-order valence-corrected chi connectivity index (χ1v) is 9.54. The van der Waals surface area contributed by atoms with E-state index in [0.717, 1.165) is 12.8 Å². The number of benzene rings is 1. The average molecular weight is 355 g/mol. The van der Waals surface area contributed by atoms with E-state index >= 15 is 0 Å². The van der Waals surface area contributed by atoms with Crippen molar-refractivity contribution in [3.05, 3.63) is 23.8 Å². The predicted molar refractivity (Wildman–Crippen MR) is 91.0 cm³/mol. The Hall–Kier alpha value is -1.64. The largest absolute Gasteiger partial charge is 0.496 e. The summed E-state index contributed by atoms with van der Waals surface area (Å²) in [7, 11) is -2.15. The zero-order chi connectivity index (χ0) is 17.7. The van der Waals surface area contributed by atoms with Gasteiger partial charge in [-0.1, -0.05) is 6.92 Å². The van der Waals surface area contributed by atoms with E-state index in [9.17, 15) is 13.2 Å². The number of sulfonamides is 1. The highest BCUT2D eigenvalue weighted by Gasteiger charge is 2.29. The Morgan fingerprint density at radius 1 is 1.42 bits per heavy atom. The number of nitrogens with two attached hydrogens (primary N) is 1. The van der Waals surface area contributed by atoms with E-state index in [1.807, 2.05) is 0 Å². The van der Waals surface area contributed by atoms with E-state index < -0.39 is 10.0 Å². The third-order valence-corrected chi connectivity index (χ3v) is 5.52. The lowest BCUT2D eigenvalue weighted by molar-refractivity contribution is -0.120. The number of amides is 1. The molecule has 4 N–H and O–H groups in total. The second-order valence-corrected chi connectivity index (χ2v) is 7.72. The van der Waals surface area contributed by atoms with Gasteiger partial charge in [0.1, 0.15) is 5.75 Å². The lowest BCUT2D eigenvalue weighted by Gasteiger charge is -2.14. The van der Waals surface area contributed by atoms with Crippen LogP contribution in [0.4, 0.5) is 0 Å². The summed E-state index contributed by atoms with van der Waals surface area (Å²) in [6.07, 6.45) is 2.49. The molecule has 0 aliphatic heterocycles. The van der Waals surface area contributed by atoms with Crippen molar-refractivity contribution in [3.8, 4) is 5.75 Å². The molecule has 24 heavy (non-hydrogen) atoms. The van der Waals surface area contributed by atoms with Crippen LogP contribution in [0.2, 0.25) is 0 Å². The number of rotatable bonds is 9. The van der Waals surface area contributed by atoms with Crippen LogP contribution in [0.3, 0.4) is 0 Å². The molecular formula is C16H25N3O4S. The second-order valence-electron chi connectivity index (χ2n) is 5.96. The summed E-state index contributed by atoms with van der Waals surface area (Å²) < 4.78 is 32.6. The van der Waals surface area contributed by atoms with Gasteiger partial charge in [0.05, 0.1) is 12.0 Å². The SMILES string of the molecule is CCC(=O)NCc1cc(S(=O)(=O)NCC(N)C2CC2)ccc1OC. The Labute approximate surface area is 143 Å². The topological polar surface area (TPSA) is 111 Å².